The van der Waals surface area contributed by atoms with Crippen molar-refractivity contribution in [3.63, 3.8) is 0 Å². The molecule has 1 fully saturated rings. The molecule has 0 radical (unpaired) electrons. The van der Waals surface area contributed by atoms with Gasteiger partial charge in [0.2, 0.25) is 11.8 Å². The number of carbonyl (C=O) groups is 4. The van der Waals surface area contributed by atoms with Crippen molar-refractivity contribution in [2.24, 2.45) is 0 Å². The third-order valence-electron chi connectivity index (χ3n) is 9.38. The number of phenols is 1. The van der Waals surface area contributed by atoms with Gasteiger partial charge in [-0.1, -0.05) is 61.5 Å². The number of nitrogens with zero attached hydrogens (tertiary/aromatic N) is 1. The Balaban J connectivity index is 0.865. The number of allylic oxidation sites excluding steroid dienone is 1. The van der Waals surface area contributed by atoms with Crippen LogP contribution in [0.4, 0.5) is 5.69 Å². The number of hydrogen-bond donors (Lipinski definition) is 3. The van der Waals surface area contributed by atoms with Crippen LogP contribution >= 0.6 is 0 Å². The van der Waals surface area contributed by atoms with Crippen molar-refractivity contribution >= 4 is 40.5 Å². The van der Waals surface area contributed by atoms with Gasteiger partial charge in [0.15, 0.2) is 0 Å². The highest BCUT2D eigenvalue weighted by Crippen LogP contribution is 2.36. The summed E-state index contributed by atoms with van der Waals surface area (Å²) in [5.41, 5.74) is 6.79. The van der Waals surface area contributed by atoms with Gasteiger partial charge in [0.1, 0.15) is 24.1 Å². The highest BCUT2D eigenvalue weighted by Gasteiger charge is 2.44. The number of phenolic OH excluding ortho intramolecular Hbond substituents is 1. The maximum atomic E-state index is 13.0. The molecular formula is C43H45N3O8. The Labute approximate surface area is 314 Å². The molecule has 0 aliphatic carbocycles. The molecule has 11 heteroatoms. The molecule has 54 heavy (non-hydrogen) atoms. The summed E-state index contributed by atoms with van der Waals surface area (Å²) >= 11 is 0. The van der Waals surface area contributed by atoms with Gasteiger partial charge in [-0.3, -0.25) is 29.4 Å². The third-order valence-corrected chi connectivity index (χ3v) is 9.38. The number of amides is 4. The number of nitrogens with one attached hydrogen (secondary N) is 2. The second-order valence-corrected chi connectivity index (χ2v) is 13.1. The van der Waals surface area contributed by atoms with E-state index in [1.807, 2.05) is 42.5 Å². The Kier molecular flexibility index (Phi) is 12.9. The lowest BCUT2D eigenvalue weighted by molar-refractivity contribution is -0.136. The minimum atomic E-state index is -0.984. The van der Waals surface area contributed by atoms with E-state index in [1.54, 1.807) is 30.3 Å². The Morgan fingerprint density at radius 1 is 0.759 bits per heavy atom. The number of imide groups is 2. The van der Waals surface area contributed by atoms with E-state index in [1.165, 1.54) is 5.57 Å². The van der Waals surface area contributed by atoms with Crippen LogP contribution in [-0.2, 0) is 19.1 Å². The molecule has 1 unspecified atom stereocenters. The normalized spacial score (nSPS) is 15.9. The molecular weight excluding hydrogens is 686 g/mol. The van der Waals surface area contributed by atoms with Crippen molar-refractivity contribution < 1.29 is 38.5 Å². The van der Waals surface area contributed by atoms with Gasteiger partial charge in [-0.2, -0.15) is 0 Å². The lowest BCUT2D eigenvalue weighted by Crippen LogP contribution is -2.54. The predicted molar refractivity (Wildman–Crippen MR) is 205 cm³/mol. The molecule has 2 aliphatic heterocycles. The summed E-state index contributed by atoms with van der Waals surface area (Å²) in [6, 6.07) is 29.7. The molecule has 4 amide bonds. The number of anilines is 1. The van der Waals surface area contributed by atoms with Gasteiger partial charge in [-0.25, -0.2) is 0 Å². The van der Waals surface area contributed by atoms with Crippen molar-refractivity contribution in [2.75, 3.05) is 44.9 Å². The maximum Gasteiger partial charge on any atom is 0.262 e. The first kappa shape index (κ1) is 38.0. The zero-order valence-electron chi connectivity index (χ0n) is 30.3. The van der Waals surface area contributed by atoms with Crippen LogP contribution < -0.4 is 15.4 Å². The van der Waals surface area contributed by atoms with Crippen molar-refractivity contribution in [1.82, 2.24) is 10.2 Å². The molecule has 0 spiro atoms. The van der Waals surface area contributed by atoms with Crippen LogP contribution in [0.3, 0.4) is 0 Å². The van der Waals surface area contributed by atoms with E-state index in [4.69, 9.17) is 14.2 Å². The number of fused-ring (bicyclic) bond motifs is 1. The van der Waals surface area contributed by atoms with E-state index in [2.05, 4.69) is 41.8 Å². The summed E-state index contributed by atoms with van der Waals surface area (Å²) < 4.78 is 17.4. The molecule has 11 nitrogen and oxygen atoms in total. The van der Waals surface area contributed by atoms with Gasteiger partial charge in [-0.15, -0.1) is 0 Å². The summed E-state index contributed by atoms with van der Waals surface area (Å²) in [4.78, 5) is 50.6. The Morgan fingerprint density at radius 2 is 1.43 bits per heavy atom. The molecule has 2 aliphatic rings. The summed E-state index contributed by atoms with van der Waals surface area (Å²) in [5, 5.41) is 15.3. The fourth-order valence-corrected chi connectivity index (χ4v) is 6.70. The monoisotopic (exact) mass is 731 g/mol. The predicted octanol–water partition coefficient (Wildman–Crippen LogP) is 6.47. The molecule has 4 aromatic rings. The average Bonchev–Trinajstić information content (AvgIpc) is 3.43. The molecule has 0 saturated carbocycles. The molecule has 3 N–H and O–H groups in total. The van der Waals surface area contributed by atoms with Gasteiger partial charge in [0.25, 0.3) is 11.8 Å². The molecule has 1 atom stereocenters. The Morgan fingerprint density at radius 3 is 2.13 bits per heavy atom. The quantitative estimate of drug-likeness (QED) is 0.0597. The second kappa shape index (κ2) is 18.3. The van der Waals surface area contributed by atoms with Crippen LogP contribution in [0.2, 0.25) is 0 Å². The summed E-state index contributed by atoms with van der Waals surface area (Å²) in [7, 11) is 0. The van der Waals surface area contributed by atoms with Crippen molar-refractivity contribution in [1.29, 1.82) is 0 Å². The fourth-order valence-electron chi connectivity index (χ4n) is 6.70. The second-order valence-electron chi connectivity index (χ2n) is 13.1. The lowest BCUT2D eigenvalue weighted by atomic mass is 9.88. The van der Waals surface area contributed by atoms with E-state index in [0.717, 1.165) is 52.2 Å². The largest absolute Gasteiger partial charge is 0.508 e. The topological polar surface area (TPSA) is 144 Å². The highest BCUT2D eigenvalue weighted by molar-refractivity contribution is 6.23. The lowest BCUT2D eigenvalue weighted by Gasteiger charge is -2.27. The van der Waals surface area contributed by atoms with E-state index in [9.17, 15) is 24.3 Å². The number of piperidine rings is 1. The fraction of sp³-hybridized carbons (Fsp3) is 0.302. The number of aromatic hydroxyl groups is 1. The molecule has 280 valence electrons. The van der Waals surface area contributed by atoms with Gasteiger partial charge in [0, 0.05) is 38.5 Å². The van der Waals surface area contributed by atoms with Crippen LogP contribution in [0.5, 0.6) is 11.5 Å². The molecule has 4 aromatic carbocycles. The van der Waals surface area contributed by atoms with Crippen LogP contribution in [0, 0.1) is 0 Å². The number of ether oxygens (including phenoxy) is 3. The first-order valence-corrected chi connectivity index (χ1v) is 18.4. The van der Waals surface area contributed by atoms with Gasteiger partial charge < -0.3 is 24.6 Å². The minimum Gasteiger partial charge on any atom is -0.508 e. The zero-order valence-corrected chi connectivity index (χ0v) is 30.3. The first-order chi connectivity index (χ1) is 26.3. The standard InChI is InChI=1S/C43H45N3O8/c1-2-35(29-8-4-3-5-9-29)40(30-10-15-33(47)16-11-30)31-12-17-34(18-13-31)54-27-26-53-25-7-24-52-23-6-22-44-32-14-19-36-37(28-32)43(51)46(42(36)50)38-20-21-39(48)45-41(38)49/h3-5,8-19,28,38,44,47H,2,6-7,20-27H2,1H3,(H,45,48,49). The van der Waals surface area contributed by atoms with E-state index in [0.29, 0.717) is 45.3 Å². The van der Waals surface area contributed by atoms with Crippen molar-refractivity contribution in [3.8, 4) is 11.5 Å². The van der Waals surface area contributed by atoms with Crippen LogP contribution in [0.1, 0.15) is 76.4 Å². The Hall–Kier alpha value is -5.78. The highest BCUT2D eigenvalue weighted by atomic mass is 16.5. The summed E-state index contributed by atoms with van der Waals surface area (Å²) in [6.07, 6.45) is 2.53. The summed E-state index contributed by atoms with van der Waals surface area (Å²) in [6.45, 7) is 5.31. The third kappa shape index (κ3) is 9.22. The van der Waals surface area contributed by atoms with E-state index < -0.39 is 29.7 Å². The van der Waals surface area contributed by atoms with Crippen molar-refractivity contribution in [3.05, 3.63) is 125 Å². The SMILES string of the molecule is CCC(=C(c1ccc(O)cc1)c1ccc(OCCOCCCOCCCNc2ccc3c(c2)C(=O)N(C2CCC(=O)NC2=O)C3=O)cc1)c1ccccc1. The smallest absolute Gasteiger partial charge is 0.262 e. The summed E-state index contributed by atoms with van der Waals surface area (Å²) in [5.74, 6) is -1.09. The molecule has 6 rings (SSSR count). The average molecular weight is 732 g/mol. The zero-order chi connectivity index (χ0) is 37.9. The number of benzene rings is 4. The number of rotatable bonds is 18. The van der Waals surface area contributed by atoms with Crippen LogP contribution in [-0.4, -0.2) is 79.3 Å². The first-order valence-electron chi connectivity index (χ1n) is 18.4. The van der Waals surface area contributed by atoms with E-state index >= 15 is 0 Å². The van der Waals surface area contributed by atoms with Crippen molar-refractivity contribution in [2.45, 2.75) is 45.1 Å². The van der Waals surface area contributed by atoms with Crippen LogP contribution in [0.15, 0.2) is 97.1 Å². The maximum absolute atomic E-state index is 13.0. The molecule has 0 bridgehead atoms. The van der Waals surface area contributed by atoms with Crippen LogP contribution in [0.25, 0.3) is 11.1 Å². The minimum absolute atomic E-state index is 0.0808. The molecule has 2 heterocycles. The molecule has 0 aromatic heterocycles. The van der Waals surface area contributed by atoms with Gasteiger partial charge in [0.05, 0.1) is 17.7 Å². The van der Waals surface area contributed by atoms with Gasteiger partial charge >= 0.3 is 0 Å². The van der Waals surface area contributed by atoms with Gasteiger partial charge in [-0.05, 0) is 96.0 Å². The van der Waals surface area contributed by atoms with E-state index in [-0.39, 0.29) is 29.7 Å². The molecule has 1 saturated heterocycles. The Bertz CT molecular complexity index is 1980. The number of carbonyl (C=O) groups excluding carboxylic acids is 4. The number of hydrogen-bond acceptors (Lipinski definition) is 9.